The number of aromatic carboxylic acids is 1. The van der Waals surface area contributed by atoms with Gasteiger partial charge in [-0.25, -0.2) is 4.79 Å². The van der Waals surface area contributed by atoms with E-state index in [4.69, 9.17) is 5.11 Å². The lowest BCUT2D eigenvalue weighted by Gasteiger charge is -2.06. The molecule has 2 heteroatoms. The predicted molar refractivity (Wildman–Crippen MR) is 60.4 cm³/mol. The molecule has 0 saturated heterocycles. The molecular formula is C13H12O2. The molecular weight excluding hydrogens is 188 g/mol. The van der Waals surface area contributed by atoms with Gasteiger partial charge in [-0.1, -0.05) is 29.8 Å². The standard InChI is InChI=1S/C13H12O2/c1-8-3-5-10-11(13(14)15)6-4-9(2)12(10)7-8/h3-7H,1-2H3,(H,14,15). The normalized spacial score (nSPS) is 10.5. The van der Waals surface area contributed by atoms with Crippen molar-refractivity contribution in [3.05, 3.63) is 47.0 Å². The zero-order valence-electron chi connectivity index (χ0n) is 8.74. The molecule has 0 atom stereocenters. The van der Waals surface area contributed by atoms with Gasteiger partial charge in [0.2, 0.25) is 0 Å². The topological polar surface area (TPSA) is 37.3 Å². The Bertz CT molecular complexity index is 541. The maximum absolute atomic E-state index is 11.0. The Balaban J connectivity index is 2.88. The van der Waals surface area contributed by atoms with Crippen LogP contribution in [0, 0.1) is 13.8 Å². The molecule has 76 valence electrons. The summed E-state index contributed by atoms with van der Waals surface area (Å²) in [5.74, 6) is -0.871. The third-order valence-corrected chi connectivity index (χ3v) is 2.62. The highest BCUT2D eigenvalue weighted by molar-refractivity contribution is 6.04. The van der Waals surface area contributed by atoms with E-state index in [1.54, 1.807) is 6.07 Å². The van der Waals surface area contributed by atoms with E-state index in [2.05, 4.69) is 0 Å². The average molecular weight is 200 g/mol. The Kier molecular flexibility index (Phi) is 2.19. The van der Waals surface area contributed by atoms with Gasteiger partial charge in [0.05, 0.1) is 5.56 Å². The molecule has 2 aromatic carbocycles. The van der Waals surface area contributed by atoms with E-state index < -0.39 is 5.97 Å². The first-order valence-electron chi connectivity index (χ1n) is 4.83. The van der Waals surface area contributed by atoms with E-state index in [0.717, 1.165) is 21.9 Å². The first kappa shape index (κ1) is 9.71. The second kappa shape index (κ2) is 3.39. The molecule has 0 radical (unpaired) electrons. The third kappa shape index (κ3) is 1.59. The summed E-state index contributed by atoms with van der Waals surface area (Å²) in [5.41, 5.74) is 2.63. The monoisotopic (exact) mass is 200 g/mol. The minimum atomic E-state index is -0.871. The summed E-state index contributed by atoms with van der Waals surface area (Å²) in [6.07, 6.45) is 0. The molecule has 0 bridgehead atoms. The van der Waals surface area contributed by atoms with Crippen LogP contribution in [-0.4, -0.2) is 11.1 Å². The zero-order valence-corrected chi connectivity index (χ0v) is 8.74. The van der Waals surface area contributed by atoms with Gasteiger partial charge in [0, 0.05) is 0 Å². The maximum Gasteiger partial charge on any atom is 0.336 e. The van der Waals surface area contributed by atoms with Gasteiger partial charge in [0.25, 0.3) is 0 Å². The van der Waals surface area contributed by atoms with Gasteiger partial charge in [-0.05, 0) is 36.2 Å². The molecule has 0 aliphatic rings. The van der Waals surface area contributed by atoms with Crippen molar-refractivity contribution in [1.82, 2.24) is 0 Å². The fourth-order valence-corrected chi connectivity index (χ4v) is 1.79. The number of aryl methyl sites for hydroxylation is 2. The highest BCUT2D eigenvalue weighted by atomic mass is 16.4. The minimum absolute atomic E-state index is 0.371. The number of hydrogen-bond acceptors (Lipinski definition) is 1. The van der Waals surface area contributed by atoms with Crippen LogP contribution in [0.1, 0.15) is 21.5 Å². The van der Waals surface area contributed by atoms with Gasteiger partial charge < -0.3 is 5.11 Å². The highest BCUT2D eigenvalue weighted by Crippen LogP contribution is 2.23. The Labute approximate surface area is 88.2 Å². The molecule has 2 rings (SSSR count). The lowest BCUT2D eigenvalue weighted by Crippen LogP contribution is -1.98. The van der Waals surface area contributed by atoms with Crippen molar-refractivity contribution >= 4 is 16.7 Å². The van der Waals surface area contributed by atoms with Gasteiger partial charge >= 0.3 is 5.97 Å². The SMILES string of the molecule is Cc1ccc2c(C(=O)O)ccc(C)c2c1. The van der Waals surface area contributed by atoms with Crippen molar-refractivity contribution in [2.45, 2.75) is 13.8 Å². The Morgan fingerprint density at radius 2 is 1.80 bits per heavy atom. The molecule has 0 aromatic heterocycles. The van der Waals surface area contributed by atoms with Gasteiger partial charge in [-0.2, -0.15) is 0 Å². The number of fused-ring (bicyclic) bond motifs is 1. The number of benzene rings is 2. The lowest BCUT2D eigenvalue weighted by molar-refractivity contribution is 0.0699. The quantitative estimate of drug-likeness (QED) is 0.767. The average Bonchev–Trinajstić information content (AvgIpc) is 2.19. The van der Waals surface area contributed by atoms with Crippen LogP contribution in [0.4, 0.5) is 0 Å². The van der Waals surface area contributed by atoms with E-state index in [1.165, 1.54) is 0 Å². The van der Waals surface area contributed by atoms with Gasteiger partial charge in [-0.3, -0.25) is 0 Å². The molecule has 15 heavy (non-hydrogen) atoms. The van der Waals surface area contributed by atoms with Crippen LogP contribution in [0.25, 0.3) is 10.8 Å². The number of rotatable bonds is 1. The zero-order chi connectivity index (χ0) is 11.0. The smallest absolute Gasteiger partial charge is 0.336 e. The fraction of sp³-hybridized carbons (Fsp3) is 0.154. The summed E-state index contributed by atoms with van der Waals surface area (Å²) in [5, 5.41) is 10.9. The first-order valence-corrected chi connectivity index (χ1v) is 4.83. The Morgan fingerprint density at radius 1 is 1.07 bits per heavy atom. The van der Waals surface area contributed by atoms with Crippen molar-refractivity contribution in [2.75, 3.05) is 0 Å². The molecule has 0 saturated carbocycles. The van der Waals surface area contributed by atoms with E-state index in [9.17, 15) is 4.79 Å². The van der Waals surface area contributed by atoms with Crippen LogP contribution >= 0.6 is 0 Å². The summed E-state index contributed by atoms with van der Waals surface area (Å²) >= 11 is 0. The largest absolute Gasteiger partial charge is 0.478 e. The predicted octanol–water partition coefficient (Wildman–Crippen LogP) is 3.15. The molecule has 0 spiro atoms. The van der Waals surface area contributed by atoms with E-state index >= 15 is 0 Å². The van der Waals surface area contributed by atoms with Crippen molar-refractivity contribution in [3.63, 3.8) is 0 Å². The van der Waals surface area contributed by atoms with Crippen molar-refractivity contribution < 1.29 is 9.90 Å². The van der Waals surface area contributed by atoms with Crippen LogP contribution in [0.5, 0.6) is 0 Å². The summed E-state index contributed by atoms with van der Waals surface area (Å²) < 4.78 is 0. The molecule has 0 unspecified atom stereocenters. The van der Waals surface area contributed by atoms with E-state index in [1.807, 2.05) is 38.1 Å². The van der Waals surface area contributed by atoms with Crippen LogP contribution < -0.4 is 0 Å². The molecule has 2 nitrogen and oxygen atoms in total. The summed E-state index contributed by atoms with van der Waals surface area (Å²) in [6.45, 7) is 4.00. The van der Waals surface area contributed by atoms with Crippen molar-refractivity contribution in [1.29, 1.82) is 0 Å². The summed E-state index contributed by atoms with van der Waals surface area (Å²) in [7, 11) is 0. The number of carbonyl (C=O) groups is 1. The molecule has 0 fully saturated rings. The fourth-order valence-electron chi connectivity index (χ4n) is 1.79. The molecule has 0 amide bonds. The van der Waals surface area contributed by atoms with Gasteiger partial charge in [0.1, 0.15) is 0 Å². The highest BCUT2D eigenvalue weighted by Gasteiger charge is 2.09. The molecule has 0 aliphatic carbocycles. The number of hydrogen-bond donors (Lipinski definition) is 1. The second-order valence-electron chi connectivity index (χ2n) is 3.78. The second-order valence-corrected chi connectivity index (χ2v) is 3.78. The van der Waals surface area contributed by atoms with Gasteiger partial charge in [-0.15, -0.1) is 0 Å². The molecule has 0 aliphatic heterocycles. The Morgan fingerprint density at radius 3 is 2.47 bits per heavy atom. The summed E-state index contributed by atoms with van der Waals surface area (Å²) in [4.78, 5) is 11.0. The van der Waals surface area contributed by atoms with Crippen LogP contribution in [0.2, 0.25) is 0 Å². The van der Waals surface area contributed by atoms with Crippen molar-refractivity contribution in [2.24, 2.45) is 0 Å². The molecule has 0 heterocycles. The van der Waals surface area contributed by atoms with Crippen molar-refractivity contribution in [3.8, 4) is 0 Å². The number of carboxylic acids is 1. The number of carboxylic acid groups (broad SMARTS) is 1. The van der Waals surface area contributed by atoms with Crippen LogP contribution in [-0.2, 0) is 0 Å². The minimum Gasteiger partial charge on any atom is -0.478 e. The Hall–Kier alpha value is -1.83. The van der Waals surface area contributed by atoms with Gasteiger partial charge in [0.15, 0.2) is 0 Å². The van der Waals surface area contributed by atoms with Crippen LogP contribution in [0.3, 0.4) is 0 Å². The maximum atomic E-state index is 11.0. The molecule has 1 N–H and O–H groups in total. The third-order valence-electron chi connectivity index (χ3n) is 2.62. The van der Waals surface area contributed by atoms with E-state index in [0.29, 0.717) is 5.56 Å². The molecule has 2 aromatic rings. The van der Waals surface area contributed by atoms with E-state index in [-0.39, 0.29) is 0 Å². The first-order chi connectivity index (χ1) is 7.09. The summed E-state index contributed by atoms with van der Waals surface area (Å²) in [6, 6.07) is 9.35. The lowest BCUT2D eigenvalue weighted by atomic mass is 9.99. The van der Waals surface area contributed by atoms with Crippen LogP contribution in [0.15, 0.2) is 30.3 Å².